The molecule has 0 aliphatic carbocycles. The Morgan fingerprint density at radius 3 is 1.85 bits per heavy atom. The second-order valence-corrected chi connectivity index (χ2v) is 22.2. The first-order valence-electron chi connectivity index (χ1n) is 10.9. The molecule has 0 saturated carbocycles. The number of rotatable bonds is 15. The van der Waals surface area contributed by atoms with Crippen LogP contribution in [-0.4, -0.2) is 30.1 Å². The van der Waals surface area contributed by atoms with Crippen molar-refractivity contribution in [1.29, 1.82) is 0 Å². The molecule has 0 radical (unpaired) electrons. The van der Waals surface area contributed by atoms with Gasteiger partial charge in [0.25, 0.3) is 0 Å². The Hall–Kier alpha value is -0.281. The van der Waals surface area contributed by atoms with Gasteiger partial charge in [-0.3, -0.25) is 0 Å². The molecule has 148 valence electrons. The molecule has 0 aromatic heterocycles. The molecule has 1 nitrogen and oxygen atoms in total. The second kappa shape index (κ2) is 13.8. The quantitative estimate of drug-likeness (QED) is 0.265. The number of benzene rings is 1. The average Bonchev–Trinajstić information content (AvgIpc) is 2.68. The molecule has 0 spiro atoms. The predicted molar refractivity (Wildman–Crippen MR) is 120 cm³/mol. The van der Waals surface area contributed by atoms with Gasteiger partial charge in [-0.15, -0.1) is 0 Å². The summed E-state index contributed by atoms with van der Waals surface area (Å²) in [5.41, 5.74) is 2.44. The SMILES string of the molecule is C=C(CC(CO)[CH2][Sn]([CH2]CCC)([CH2]CCC)[CH2]CCC)c1ccccc1. The number of hydrogen-bond donors (Lipinski definition) is 1. The number of unbranched alkanes of at least 4 members (excludes halogenated alkanes) is 3. The summed E-state index contributed by atoms with van der Waals surface area (Å²) in [6.07, 6.45) is 9.12. The summed E-state index contributed by atoms with van der Waals surface area (Å²) in [6, 6.07) is 10.5. The van der Waals surface area contributed by atoms with Crippen LogP contribution in [0.3, 0.4) is 0 Å². The number of aliphatic hydroxyl groups excluding tert-OH is 1. The number of aliphatic hydroxyl groups is 1. The summed E-state index contributed by atoms with van der Waals surface area (Å²) in [7, 11) is 0. The van der Waals surface area contributed by atoms with Gasteiger partial charge >= 0.3 is 168 Å². The van der Waals surface area contributed by atoms with Gasteiger partial charge in [0.1, 0.15) is 0 Å². The van der Waals surface area contributed by atoms with E-state index in [-0.39, 0.29) is 0 Å². The molecule has 1 N–H and O–H groups in total. The molecule has 0 bridgehead atoms. The third-order valence-electron chi connectivity index (χ3n) is 5.88. The molecule has 1 aromatic carbocycles. The molecule has 1 rings (SSSR count). The van der Waals surface area contributed by atoms with Crippen molar-refractivity contribution in [2.45, 2.75) is 83.5 Å². The van der Waals surface area contributed by atoms with Crippen LogP contribution in [0.1, 0.15) is 71.3 Å². The van der Waals surface area contributed by atoms with Crippen molar-refractivity contribution in [2.75, 3.05) is 6.61 Å². The van der Waals surface area contributed by atoms with Crippen LogP contribution in [0.15, 0.2) is 36.9 Å². The zero-order chi connectivity index (χ0) is 19.3. The maximum absolute atomic E-state index is 10.2. The van der Waals surface area contributed by atoms with E-state index in [0.717, 1.165) is 6.42 Å². The monoisotopic (exact) mass is 466 g/mol. The summed E-state index contributed by atoms with van der Waals surface area (Å²) in [6.45, 7) is 11.7. The molecule has 0 aliphatic rings. The molecular formula is C24H42OSn. The normalized spacial score (nSPS) is 12.9. The second-order valence-electron chi connectivity index (χ2n) is 8.24. The van der Waals surface area contributed by atoms with Gasteiger partial charge in [-0.25, -0.2) is 0 Å². The molecule has 0 heterocycles. The van der Waals surface area contributed by atoms with Crippen LogP contribution in [-0.2, 0) is 0 Å². The van der Waals surface area contributed by atoms with Gasteiger partial charge in [-0.05, 0) is 0 Å². The molecule has 0 aliphatic heterocycles. The fourth-order valence-corrected chi connectivity index (χ4v) is 21.9. The Morgan fingerprint density at radius 2 is 1.42 bits per heavy atom. The van der Waals surface area contributed by atoms with Crippen LogP contribution < -0.4 is 0 Å². The molecule has 0 amide bonds. The first-order valence-corrected chi connectivity index (χ1v) is 19.0. The van der Waals surface area contributed by atoms with Crippen LogP contribution in [0.25, 0.3) is 5.57 Å². The van der Waals surface area contributed by atoms with Crippen LogP contribution >= 0.6 is 0 Å². The molecule has 1 unspecified atom stereocenters. The molecule has 1 aromatic rings. The Kier molecular flexibility index (Phi) is 12.6. The van der Waals surface area contributed by atoms with E-state index in [0.29, 0.717) is 12.5 Å². The van der Waals surface area contributed by atoms with E-state index >= 15 is 0 Å². The van der Waals surface area contributed by atoms with E-state index in [1.807, 2.05) is 0 Å². The van der Waals surface area contributed by atoms with Crippen LogP contribution in [0, 0.1) is 5.92 Å². The molecule has 1 atom stereocenters. The van der Waals surface area contributed by atoms with Crippen LogP contribution in [0.5, 0.6) is 0 Å². The van der Waals surface area contributed by atoms with Crippen LogP contribution in [0.2, 0.25) is 17.7 Å². The fourth-order valence-electron chi connectivity index (χ4n) is 4.29. The average molecular weight is 465 g/mol. The fraction of sp³-hybridized carbons (Fsp3) is 0.667. The minimum atomic E-state index is -2.19. The van der Waals surface area contributed by atoms with Gasteiger partial charge in [0.15, 0.2) is 0 Å². The summed E-state index contributed by atoms with van der Waals surface area (Å²) >= 11 is -2.19. The first-order chi connectivity index (χ1) is 12.6. The zero-order valence-electron chi connectivity index (χ0n) is 17.6. The minimum absolute atomic E-state index is 0.328. The van der Waals surface area contributed by atoms with E-state index in [4.69, 9.17) is 0 Å². The predicted octanol–water partition coefficient (Wildman–Crippen LogP) is 7.55. The van der Waals surface area contributed by atoms with Crippen molar-refractivity contribution < 1.29 is 5.11 Å². The summed E-state index contributed by atoms with van der Waals surface area (Å²) in [5, 5.41) is 10.2. The summed E-state index contributed by atoms with van der Waals surface area (Å²) in [5.74, 6) is 0.420. The van der Waals surface area contributed by atoms with Crippen molar-refractivity contribution in [3.63, 3.8) is 0 Å². The Labute approximate surface area is 167 Å². The molecular weight excluding hydrogens is 423 g/mol. The van der Waals surface area contributed by atoms with Gasteiger partial charge in [0.05, 0.1) is 0 Å². The van der Waals surface area contributed by atoms with E-state index in [1.165, 1.54) is 67.4 Å². The molecule has 0 fully saturated rings. The molecule has 0 saturated heterocycles. The van der Waals surface area contributed by atoms with E-state index < -0.39 is 18.4 Å². The molecule has 26 heavy (non-hydrogen) atoms. The number of allylic oxidation sites excluding steroid dienone is 1. The van der Waals surface area contributed by atoms with Crippen molar-refractivity contribution in [3.05, 3.63) is 42.5 Å². The zero-order valence-corrected chi connectivity index (χ0v) is 20.5. The summed E-state index contributed by atoms with van der Waals surface area (Å²) in [4.78, 5) is 0. The summed E-state index contributed by atoms with van der Waals surface area (Å²) < 4.78 is 5.94. The van der Waals surface area contributed by atoms with Crippen LogP contribution in [0.4, 0.5) is 0 Å². The van der Waals surface area contributed by atoms with Gasteiger partial charge in [0.2, 0.25) is 0 Å². The topological polar surface area (TPSA) is 20.2 Å². The number of hydrogen-bond acceptors (Lipinski definition) is 1. The maximum atomic E-state index is 10.2. The van der Waals surface area contributed by atoms with Crippen molar-refractivity contribution in [2.24, 2.45) is 5.92 Å². The third kappa shape index (κ3) is 8.60. The van der Waals surface area contributed by atoms with Gasteiger partial charge < -0.3 is 0 Å². The Morgan fingerprint density at radius 1 is 0.923 bits per heavy atom. The molecule has 2 heteroatoms. The van der Waals surface area contributed by atoms with Gasteiger partial charge in [0, 0.05) is 0 Å². The first kappa shape index (κ1) is 23.8. The van der Waals surface area contributed by atoms with Gasteiger partial charge in [-0.1, -0.05) is 0 Å². The van der Waals surface area contributed by atoms with E-state index in [9.17, 15) is 5.11 Å². The van der Waals surface area contributed by atoms with Crippen molar-refractivity contribution >= 4 is 24.0 Å². The Bertz CT molecular complexity index is 460. The van der Waals surface area contributed by atoms with Gasteiger partial charge in [-0.2, -0.15) is 0 Å². The third-order valence-corrected chi connectivity index (χ3v) is 22.1. The standard InChI is InChI=1S/C12H15O.3C4H9.Sn/c1-10(9-13)8-11(2)12-6-4-3-5-7-12;3*1-3-4-2;/h3-7,10,13H,1-2,8-9H2;3*1,3-4H2,2H3;. The van der Waals surface area contributed by atoms with E-state index in [2.05, 4.69) is 57.7 Å². The Balaban J connectivity index is 2.86. The van der Waals surface area contributed by atoms with Crippen molar-refractivity contribution in [3.8, 4) is 0 Å². The van der Waals surface area contributed by atoms with Crippen molar-refractivity contribution in [1.82, 2.24) is 0 Å². The van der Waals surface area contributed by atoms with E-state index in [1.54, 1.807) is 0 Å².